The summed E-state index contributed by atoms with van der Waals surface area (Å²) in [6, 6.07) is -1.14. The van der Waals surface area contributed by atoms with Gasteiger partial charge in [-0.1, -0.05) is 46.8 Å². The van der Waals surface area contributed by atoms with Crippen LogP contribution < -0.4 is 0 Å². The Balaban J connectivity index is 1.78. The van der Waals surface area contributed by atoms with E-state index >= 15 is 0 Å². The number of nitrogens with zero attached hydrogens (tertiary/aromatic N) is 1. The topological polar surface area (TPSA) is 189 Å². The molecule has 0 aromatic heterocycles. The molecule has 0 aromatic carbocycles. The third-order valence-electron chi connectivity index (χ3n) is 13.2. The van der Waals surface area contributed by atoms with Crippen LogP contribution >= 0.6 is 0 Å². The number of ether oxygens (including phenoxy) is 4. The van der Waals surface area contributed by atoms with Gasteiger partial charge >= 0.3 is 5.97 Å². The molecule has 3 aliphatic heterocycles. The Morgan fingerprint density at radius 1 is 0.929 bits per heavy atom. The number of carbonyl (C=O) groups excluding carboxylic acids is 4. The van der Waals surface area contributed by atoms with Crippen LogP contribution in [-0.2, 0) is 38.1 Å². The van der Waals surface area contributed by atoms with Gasteiger partial charge in [-0.3, -0.25) is 14.4 Å². The molecule has 4 N–H and O–H groups in total. The molecule has 56 heavy (non-hydrogen) atoms. The highest BCUT2D eigenvalue weighted by Gasteiger charge is 2.55. The minimum Gasteiger partial charge on any atom is -0.456 e. The molecular formula is C43H69NO12. The van der Waals surface area contributed by atoms with Crippen LogP contribution in [0.4, 0.5) is 0 Å². The second-order valence-corrected chi connectivity index (χ2v) is 17.4. The summed E-state index contributed by atoms with van der Waals surface area (Å²) in [5.74, 6) is -8.35. The van der Waals surface area contributed by atoms with Crippen LogP contribution in [0.25, 0.3) is 0 Å². The van der Waals surface area contributed by atoms with Gasteiger partial charge in [0.05, 0.1) is 36.6 Å². The summed E-state index contributed by atoms with van der Waals surface area (Å²) in [5.41, 5.74) is 1.22. The first-order chi connectivity index (χ1) is 26.4. The number of fused-ring (bicyclic) bond motifs is 3. The van der Waals surface area contributed by atoms with Crippen molar-refractivity contribution in [2.24, 2.45) is 35.5 Å². The molecule has 3 fully saturated rings. The number of methoxy groups -OCH3 is 2. The lowest BCUT2D eigenvalue weighted by atomic mass is 9.78. The summed E-state index contributed by atoms with van der Waals surface area (Å²) in [6.45, 7) is 12.7. The minimum atomic E-state index is -2.49. The molecule has 318 valence electrons. The average molecular weight is 792 g/mol. The Labute approximate surface area is 333 Å². The van der Waals surface area contributed by atoms with Crippen LogP contribution in [0, 0.1) is 35.5 Å². The number of cyclic esters (lactones) is 1. The Bertz CT molecular complexity index is 1450. The van der Waals surface area contributed by atoms with Gasteiger partial charge in [-0.05, 0) is 101 Å². The van der Waals surface area contributed by atoms with Crippen molar-refractivity contribution in [1.29, 1.82) is 0 Å². The van der Waals surface area contributed by atoms with E-state index in [2.05, 4.69) is 0 Å². The SMILES string of the molecule is CC[C@@H]1/C=C(\C)C(O)[C@H](C)CC(OC)C2OC(O)(C(=O)C(=O)N3CCCCC3C(=O)OC(/C(C)=C/[C@@H]3CCC(O)C(OC)C3)[C@H](C)C(O)CC1=O)[C@H](C)C[C@@H]2C. The molecule has 3 heterocycles. The van der Waals surface area contributed by atoms with E-state index < -0.39 is 83.9 Å². The number of aliphatic hydroxyl groups is 4. The zero-order valence-electron chi connectivity index (χ0n) is 35.0. The van der Waals surface area contributed by atoms with E-state index in [0.717, 1.165) is 0 Å². The quantitative estimate of drug-likeness (QED) is 0.178. The standard InChI is InChI=1S/C43H69NO12/c1-10-30-19-23(2)37(48)24(3)20-36(54-9)39-25(4)17-27(6)43(52,56-39)40(49)41(50)44-16-12-11-13-31(44)42(51)55-38(28(7)33(46)22-34(30)47)26(5)18-29-14-15-32(45)35(21-29)53-8/h18-19,24-25,27-33,35-39,45-46,48,52H,10-17,20-22H2,1-9H3/b23-19+,26-18+/t24-,25+,27-,28-,29+,30-,31?,32?,33?,35?,36?,37?,38?,39?,43?/m1/s1. The lowest BCUT2D eigenvalue weighted by Crippen LogP contribution is -2.63. The van der Waals surface area contributed by atoms with Crippen molar-refractivity contribution in [3.63, 3.8) is 0 Å². The normalized spacial score (nSPS) is 42.9. The van der Waals surface area contributed by atoms with Gasteiger partial charge in [0, 0.05) is 44.9 Å². The first-order valence-electron chi connectivity index (χ1n) is 20.8. The second-order valence-electron chi connectivity index (χ2n) is 17.4. The molecular weight excluding hydrogens is 722 g/mol. The van der Waals surface area contributed by atoms with E-state index in [-0.39, 0.29) is 55.4 Å². The summed E-state index contributed by atoms with van der Waals surface area (Å²) >= 11 is 0. The zero-order valence-corrected chi connectivity index (χ0v) is 35.0. The number of Topliss-reactive ketones (excluding diaryl/α,β-unsaturated/α-hetero) is 2. The number of hydrogen-bond acceptors (Lipinski definition) is 12. The van der Waals surface area contributed by atoms with Crippen molar-refractivity contribution < 1.29 is 58.6 Å². The Hall–Kier alpha value is -2.52. The van der Waals surface area contributed by atoms with Gasteiger partial charge < -0.3 is 44.3 Å². The lowest BCUT2D eigenvalue weighted by molar-refractivity contribution is -0.290. The smallest absolute Gasteiger partial charge is 0.329 e. The molecule has 1 amide bonds. The van der Waals surface area contributed by atoms with Crippen LogP contribution in [0.2, 0.25) is 0 Å². The van der Waals surface area contributed by atoms with Gasteiger partial charge in [-0.15, -0.1) is 0 Å². The largest absolute Gasteiger partial charge is 0.456 e. The van der Waals surface area contributed by atoms with Crippen LogP contribution in [0.3, 0.4) is 0 Å². The fourth-order valence-electron chi connectivity index (χ4n) is 9.46. The summed E-state index contributed by atoms with van der Waals surface area (Å²) in [4.78, 5) is 57.6. The van der Waals surface area contributed by atoms with Crippen molar-refractivity contribution in [3.8, 4) is 0 Å². The van der Waals surface area contributed by atoms with Crippen LogP contribution in [0.5, 0.6) is 0 Å². The summed E-state index contributed by atoms with van der Waals surface area (Å²) < 4.78 is 23.9. The Kier molecular flexibility index (Phi) is 16.5. The van der Waals surface area contributed by atoms with Crippen molar-refractivity contribution in [2.45, 2.75) is 167 Å². The van der Waals surface area contributed by atoms with Crippen molar-refractivity contribution in [3.05, 3.63) is 23.3 Å². The molecule has 2 bridgehead atoms. The van der Waals surface area contributed by atoms with E-state index in [1.165, 1.54) is 12.0 Å². The fourth-order valence-corrected chi connectivity index (χ4v) is 9.46. The summed E-state index contributed by atoms with van der Waals surface area (Å²) in [5, 5.41) is 45.5. The number of rotatable bonds is 5. The monoisotopic (exact) mass is 791 g/mol. The van der Waals surface area contributed by atoms with Crippen molar-refractivity contribution in [2.75, 3.05) is 20.8 Å². The van der Waals surface area contributed by atoms with E-state index in [1.807, 2.05) is 26.8 Å². The maximum atomic E-state index is 14.3. The van der Waals surface area contributed by atoms with Crippen molar-refractivity contribution in [1.82, 2.24) is 4.90 Å². The van der Waals surface area contributed by atoms with Gasteiger partial charge in [0.2, 0.25) is 5.79 Å². The van der Waals surface area contributed by atoms with Crippen LogP contribution in [0.1, 0.15) is 113 Å². The first kappa shape index (κ1) is 46.2. The van der Waals surface area contributed by atoms with Crippen LogP contribution in [0.15, 0.2) is 23.3 Å². The van der Waals surface area contributed by atoms with Gasteiger partial charge in [0.15, 0.2) is 0 Å². The fraction of sp³-hybridized carbons (Fsp3) is 0.814. The summed E-state index contributed by atoms with van der Waals surface area (Å²) in [7, 11) is 3.05. The third-order valence-corrected chi connectivity index (χ3v) is 13.2. The van der Waals surface area contributed by atoms with E-state index in [0.29, 0.717) is 56.1 Å². The zero-order chi connectivity index (χ0) is 41.6. The van der Waals surface area contributed by atoms with Gasteiger partial charge in [0.1, 0.15) is 17.9 Å². The maximum absolute atomic E-state index is 14.3. The van der Waals surface area contributed by atoms with Crippen molar-refractivity contribution >= 4 is 23.4 Å². The number of hydrogen-bond donors (Lipinski definition) is 4. The van der Waals surface area contributed by atoms with Gasteiger partial charge in [-0.25, -0.2) is 4.79 Å². The van der Waals surface area contributed by atoms with Gasteiger partial charge in [-0.2, -0.15) is 0 Å². The van der Waals surface area contributed by atoms with Crippen LogP contribution in [-0.4, -0.2) is 124 Å². The van der Waals surface area contributed by atoms with Gasteiger partial charge in [0.25, 0.3) is 11.7 Å². The van der Waals surface area contributed by atoms with E-state index in [4.69, 9.17) is 18.9 Å². The lowest BCUT2D eigenvalue weighted by Gasteiger charge is -2.47. The molecule has 15 atom stereocenters. The predicted molar refractivity (Wildman–Crippen MR) is 208 cm³/mol. The number of allylic oxidation sites excluding steroid dienone is 2. The first-order valence-corrected chi connectivity index (χ1v) is 20.8. The Morgan fingerprint density at radius 3 is 2.25 bits per heavy atom. The molecule has 0 spiro atoms. The number of ketones is 2. The van der Waals surface area contributed by atoms with E-state index in [1.54, 1.807) is 40.9 Å². The molecule has 4 aliphatic rings. The number of aliphatic hydroxyl groups excluding tert-OH is 3. The molecule has 0 aromatic rings. The number of carbonyl (C=O) groups is 4. The molecule has 1 aliphatic carbocycles. The molecule has 13 nitrogen and oxygen atoms in total. The highest BCUT2D eigenvalue weighted by molar-refractivity contribution is 6.39. The molecule has 13 heteroatoms. The molecule has 0 radical (unpaired) electrons. The summed E-state index contributed by atoms with van der Waals surface area (Å²) in [6.07, 6.45) is 2.06. The van der Waals surface area contributed by atoms with E-state index in [9.17, 15) is 39.6 Å². The number of piperidine rings is 1. The Morgan fingerprint density at radius 2 is 1.61 bits per heavy atom. The number of amides is 1. The molecule has 2 saturated heterocycles. The minimum absolute atomic E-state index is 0.0163. The second kappa shape index (κ2) is 20.0. The predicted octanol–water partition coefficient (Wildman–Crippen LogP) is 4.06. The highest BCUT2D eigenvalue weighted by Crippen LogP contribution is 2.41. The molecule has 1 saturated carbocycles. The third kappa shape index (κ3) is 10.4. The highest BCUT2D eigenvalue weighted by atomic mass is 16.7. The average Bonchev–Trinajstić information content (AvgIpc) is 3.18. The molecule has 9 unspecified atom stereocenters. The molecule has 4 rings (SSSR count). The maximum Gasteiger partial charge on any atom is 0.329 e. The number of esters is 1.